The van der Waals surface area contributed by atoms with Crippen LogP contribution in [0.15, 0.2) is 181 Å². The van der Waals surface area contributed by atoms with Gasteiger partial charge in [0.15, 0.2) is 0 Å². The lowest BCUT2D eigenvalue weighted by atomic mass is 9.84. The normalized spacial score (nSPS) is 22.7. The average Bonchev–Trinajstić information content (AvgIpc) is 3.71. The summed E-state index contributed by atoms with van der Waals surface area (Å²) in [4.78, 5) is 2.71. The molecule has 0 radical (unpaired) electrons. The second kappa shape index (κ2) is 12.1. The summed E-state index contributed by atoms with van der Waals surface area (Å²) in [6.45, 7) is 0. The predicted molar refractivity (Wildman–Crippen MR) is 210 cm³/mol. The maximum atomic E-state index is 2.71. The minimum atomic E-state index is 0.322. The summed E-state index contributed by atoms with van der Waals surface area (Å²) in [7, 11) is 0. The van der Waals surface area contributed by atoms with Gasteiger partial charge >= 0.3 is 0 Å². The van der Waals surface area contributed by atoms with Crippen LogP contribution < -0.4 is 0 Å². The molecule has 0 saturated carbocycles. The summed E-state index contributed by atoms with van der Waals surface area (Å²) in [5, 5.41) is 2.66. The molecule has 5 aromatic rings. The zero-order valence-corrected chi connectivity index (χ0v) is 28.3. The molecule has 1 aromatic heterocycles. The molecule has 2 heteroatoms. The fraction of sp³-hybridized carbons (Fsp3) is 0.167. The Bertz CT molecular complexity index is 2400. The molecular formula is C48H40N2. The molecule has 242 valence electrons. The number of aromatic nitrogens is 1. The van der Waals surface area contributed by atoms with E-state index in [0.717, 1.165) is 32.1 Å². The van der Waals surface area contributed by atoms with Crippen molar-refractivity contribution in [2.75, 3.05) is 0 Å². The van der Waals surface area contributed by atoms with Gasteiger partial charge in [-0.25, -0.2) is 0 Å². The molecule has 2 nitrogen and oxygen atoms in total. The number of fused-ring (bicyclic) bond motifs is 5. The van der Waals surface area contributed by atoms with Crippen molar-refractivity contribution in [1.29, 1.82) is 0 Å². The van der Waals surface area contributed by atoms with Crippen molar-refractivity contribution in [3.63, 3.8) is 0 Å². The van der Waals surface area contributed by atoms with E-state index in [9.17, 15) is 0 Å². The van der Waals surface area contributed by atoms with Crippen LogP contribution in [0.25, 0.3) is 38.6 Å². The summed E-state index contributed by atoms with van der Waals surface area (Å²) in [5.74, 6) is 0.722. The number of nitrogens with zero attached hydrogens (tertiary/aromatic N) is 2. The van der Waals surface area contributed by atoms with E-state index in [1.807, 2.05) is 0 Å². The standard InChI is InChI=1S/C48H40N2/c1-3-13-33(14-4-1)35-17-11-19-39(29-35)49-46-24-10-8-22-42(46)44-31-37(26-28-47(44)49)38-25-27-43-41-21-7-9-23-45(41)50(48(43)32-38)40-20-12-18-36(30-40)34-15-5-2-6-16-34/h1-10,13-16,18-19,21-31,38,41,45H,11-12,17,20,32H2. The molecule has 4 aromatic carbocycles. The van der Waals surface area contributed by atoms with Crippen LogP contribution in [0.2, 0.25) is 0 Å². The highest BCUT2D eigenvalue weighted by molar-refractivity contribution is 6.11. The van der Waals surface area contributed by atoms with E-state index >= 15 is 0 Å². The third-order valence-electron chi connectivity index (χ3n) is 11.4. The molecule has 10 rings (SSSR count). The highest BCUT2D eigenvalue weighted by Gasteiger charge is 2.41. The first-order chi connectivity index (χ1) is 24.8. The first kappa shape index (κ1) is 29.3. The Hall–Kier alpha value is -5.60. The van der Waals surface area contributed by atoms with Crippen LogP contribution in [0.1, 0.15) is 54.7 Å². The van der Waals surface area contributed by atoms with E-state index in [1.54, 1.807) is 0 Å². The minimum Gasteiger partial charge on any atom is -0.341 e. The maximum absolute atomic E-state index is 2.71. The molecule has 1 aliphatic heterocycles. The van der Waals surface area contributed by atoms with Crippen molar-refractivity contribution < 1.29 is 0 Å². The Labute approximate surface area is 294 Å². The molecule has 4 aliphatic carbocycles. The van der Waals surface area contributed by atoms with E-state index in [2.05, 4.69) is 173 Å². The predicted octanol–water partition coefficient (Wildman–Crippen LogP) is 12.0. The molecule has 0 spiro atoms. The van der Waals surface area contributed by atoms with Crippen LogP contribution in [0.3, 0.4) is 0 Å². The van der Waals surface area contributed by atoms with Gasteiger partial charge in [0.25, 0.3) is 0 Å². The van der Waals surface area contributed by atoms with Gasteiger partial charge in [0.1, 0.15) is 0 Å². The molecule has 0 amide bonds. The van der Waals surface area contributed by atoms with Crippen molar-refractivity contribution in [1.82, 2.24) is 9.47 Å². The first-order valence-corrected chi connectivity index (χ1v) is 18.3. The Morgan fingerprint density at radius 2 is 1.38 bits per heavy atom. The minimum absolute atomic E-state index is 0.322. The second-order valence-electron chi connectivity index (χ2n) is 14.3. The van der Waals surface area contributed by atoms with E-state index in [0.29, 0.717) is 17.9 Å². The largest absolute Gasteiger partial charge is 0.341 e. The summed E-state index contributed by atoms with van der Waals surface area (Å²) in [6.07, 6.45) is 29.2. The van der Waals surface area contributed by atoms with Gasteiger partial charge in [-0.05, 0) is 95.9 Å². The zero-order chi connectivity index (χ0) is 33.0. The topological polar surface area (TPSA) is 8.17 Å². The highest BCUT2D eigenvalue weighted by atomic mass is 15.2. The zero-order valence-electron chi connectivity index (χ0n) is 28.3. The quantitative estimate of drug-likeness (QED) is 0.185. The van der Waals surface area contributed by atoms with E-state index in [4.69, 9.17) is 0 Å². The van der Waals surface area contributed by atoms with E-state index in [1.165, 1.54) is 72.3 Å². The smallest absolute Gasteiger partial charge is 0.0623 e. The van der Waals surface area contributed by atoms with Crippen molar-refractivity contribution in [2.45, 2.75) is 44.1 Å². The second-order valence-corrected chi connectivity index (χ2v) is 14.3. The number of hydrogen-bond donors (Lipinski definition) is 0. The fourth-order valence-electron chi connectivity index (χ4n) is 9.08. The number of hydrogen-bond acceptors (Lipinski definition) is 1. The Kier molecular flexibility index (Phi) is 7.08. The number of allylic oxidation sites excluding steroid dienone is 13. The van der Waals surface area contributed by atoms with E-state index in [-0.39, 0.29) is 0 Å². The maximum Gasteiger partial charge on any atom is 0.0623 e. The number of rotatable bonds is 5. The summed E-state index contributed by atoms with van der Waals surface area (Å²) in [6, 6.07) is 38.3. The molecule has 2 heterocycles. The van der Waals surface area contributed by atoms with Gasteiger partial charge in [0.2, 0.25) is 0 Å². The lowest BCUT2D eigenvalue weighted by Crippen LogP contribution is -2.33. The monoisotopic (exact) mass is 644 g/mol. The van der Waals surface area contributed by atoms with Gasteiger partial charge in [-0.15, -0.1) is 0 Å². The highest BCUT2D eigenvalue weighted by Crippen LogP contribution is 2.49. The molecule has 3 atom stereocenters. The van der Waals surface area contributed by atoms with Crippen LogP contribution in [0, 0.1) is 5.92 Å². The van der Waals surface area contributed by atoms with Crippen molar-refractivity contribution in [3.8, 4) is 0 Å². The Morgan fingerprint density at radius 1 is 0.620 bits per heavy atom. The van der Waals surface area contributed by atoms with E-state index < -0.39 is 0 Å². The lowest BCUT2D eigenvalue weighted by Gasteiger charge is -2.35. The molecule has 3 unspecified atom stereocenters. The number of benzene rings is 4. The van der Waals surface area contributed by atoms with Gasteiger partial charge < -0.3 is 9.47 Å². The van der Waals surface area contributed by atoms with Gasteiger partial charge in [0.05, 0.1) is 17.1 Å². The summed E-state index contributed by atoms with van der Waals surface area (Å²) in [5.41, 5.74) is 15.0. The van der Waals surface area contributed by atoms with Crippen LogP contribution in [-0.2, 0) is 0 Å². The third-order valence-corrected chi connectivity index (χ3v) is 11.4. The summed E-state index contributed by atoms with van der Waals surface area (Å²) >= 11 is 0. The molecule has 5 aliphatic rings. The molecule has 0 N–H and O–H groups in total. The van der Waals surface area contributed by atoms with Crippen LogP contribution >= 0.6 is 0 Å². The molecule has 50 heavy (non-hydrogen) atoms. The fourth-order valence-corrected chi connectivity index (χ4v) is 9.08. The van der Waals surface area contributed by atoms with Gasteiger partial charge in [0, 0.05) is 39.7 Å². The van der Waals surface area contributed by atoms with Crippen LogP contribution in [0.5, 0.6) is 0 Å². The van der Waals surface area contributed by atoms with Gasteiger partial charge in [-0.2, -0.15) is 0 Å². The van der Waals surface area contributed by atoms with Gasteiger partial charge in [-0.1, -0.05) is 134 Å². The van der Waals surface area contributed by atoms with Crippen LogP contribution in [-0.4, -0.2) is 15.5 Å². The van der Waals surface area contributed by atoms with Crippen molar-refractivity contribution >= 4 is 38.6 Å². The molecule has 0 bridgehead atoms. The van der Waals surface area contributed by atoms with Gasteiger partial charge in [-0.3, -0.25) is 0 Å². The Balaban J connectivity index is 1.02. The SMILES string of the molecule is C1=CC2C3=C(CC(c4ccc5c(c4)c4ccccc4n5C4=CCCC(c5ccccc5)=C4)C=C3)N(C3=CC(c4ccccc4)=CCC3)C2C=C1. The third kappa shape index (κ3) is 4.85. The first-order valence-electron chi connectivity index (χ1n) is 18.3. The molecule has 0 saturated heterocycles. The van der Waals surface area contributed by atoms with Crippen LogP contribution in [0.4, 0.5) is 0 Å². The lowest BCUT2D eigenvalue weighted by molar-refractivity contribution is 0.341. The number of para-hydroxylation sites is 1. The molecule has 0 fully saturated rings. The average molecular weight is 645 g/mol. The Morgan fingerprint density at radius 3 is 2.26 bits per heavy atom. The molecular weight excluding hydrogens is 605 g/mol. The summed E-state index contributed by atoms with van der Waals surface area (Å²) < 4.78 is 2.49. The van der Waals surface area contributed by atoms with Crippen molar-refractivity contribution in [3.05, 3.63) is 198 Å². The van der Waals surface area contributed by atoms with Crippen molar-refractivity contribution in [2.24, 2.45) is 5.92 Å².